The molecule has 1 aromatic heterocycles. The third-order valence-corrected chi connectivity index (χ3v) is 3.52. The minimum absolute atomic E-state index is 0.275. The average molecular weight is 268 g/mol. The summed E-state index contributed by atoms with van der Waals surface area (Å²) < 4.78 is 33.3. The molecule has 1 aromatic carbocycles. The van der Waals surface area contributed by atoms with Gasteiger partial charge in [0.25, 0.3) is 5.56 Å². The van der Waals surface area contributed by atoms with Gasteiger partial charge in [-0.1, -0.05) is 18.2 Å². The molecule has 6 nitrogen and oxygen atoms in total. The maximum absolute atomic E-state index is 11.8. The number of hydrogen-bond acceptors (Lipinski definition) is 3. The highest BCUT2D eigenvalue weighted by Crippen LogP contribution is 2.13. The summed E-state index contributed by atoms with van der Waals surface area (Å²) >= 11 is 0. The van der Waals surface area contributed by atoms with Crippen LogP contribution in [0.2, 0.25) is 0 Å². The second-order valence-corrected chi connectivity index (χ2v) is 5.13. The monoisotopic (exact) mass is 268 g/mol. The summed E-state index contributed by atoms with van der Waals surface area (Å²) in [6.45, 7) is 3.13. The molecule has 2 aromatic rings. The fourth-order valence-electron chi connectivity index (χ4n) is 1.76. The van der Waals surface area contributed by atoms with Crippen molar-refractivity contribution < 1.29 is 13.0 Å². The predicted octanol–water partition coefficient (Wildman–Crippen LogP) is 0.907. The Morgan fingerprint density at radius 3 is 2.17 bits per heavy atom. The molecule has 7 heteroatoms. The fourth-order valence-corrected chi connectivity index (χ4v) is 2.53. The highest BCUT2D eigenvalue weighted by Gasteiger charge is 2.22. The van der Waals surface area contributed by atoms with E-state index in [0.717, 1.165) is 0 Å². The van der Waals surface area contributed by atoms with Crippen molar-refractivity contribution in [1.29, 1.82) is 0 Å². The third-order valence-electron chi connectivity index (χ3n) is 2.76. The summed E-state index contributed by atoms with van der Waals surface area (Å²) in [5.74, 6) is 0. The molecule has 1 heterocycles. The minimum atomic E-state index is -4.65. The van der Waals surface area contributed by atoms with Crippen LogP contribution in [-0.2, 0) is 10.3 Å². The van der Waals surface area contributed by atoms with E-state index < -0.39 is 15.9 Å². The Morgan fingerprint density at radius 1 is 1.11 bits per heavy atom. The Hall–Kier alpha value is -1.86. The highest BCUT2D eigenvalue weighted by molar-refractivity contribution is 7.84. The van der Waals surface area contributed by atoms with Gasteiger partial charge < -0.3 is 0 Å². The standard InChI is InChI=1S/C11H12N2O4S/c1-8-9(2)12(10-6-4-3-5-7-10)13(11(8)14)18(15,16)17/h3-7H,1-2H3,(H,15,16,17). The summed E-state index contributed by atoms with van der Waals surface area (Å²) in [6, 6.07) is 8.48. The fraction of sp³-hybridized carbons (Fsp3) is 0.182. The molecular formula is C11H12N2O4S. The van der Waals surface area contributed by atoms with Crippen LogP contribution in [0.3, 0.4) is 0 Å². The van der Waals surface area contributed by atoms with Gasteiger partial charge in [0.1, 0.15) is 0 Å². The molecule has 0 aliphatic rings. The molecular weight excluding hydrogens is 256 g/mol. The van der Waals surface area contributed by atoms with E-state index in [-0.39, 0.29) is 5.56 Å². The van der Waals surface area contributed by atoms with E-state index in [0.29, 0.717) is 15.5 Å². The first kappa shape index (κ1) is 12.6. The molecule has 1 N–H and O–H groups in total. The molecule has 0 aliphatic heterocycles. The van der Waals surface area contributed by atoms with E-state index in [2.05, 4.69) is 0 Å². The Morgan fingerprint density at radius 2 is 1.67 bits per heavy atom. The van der Waals surface area contributed by atoms with E-state index in [1.165, 1.54) is 11.6 Å². The molecule has 2 rings (SSSR count). The van der Waals surface area contributed by atoms with E-state index >= 15 is 0 Å². The van der Waals surface area contributed by atoms with Crippen LogP contribution >= 0.6 is 0 Å². The van der Waals surface area contributed by atoms with Gasteiger partial charge in [-0.25, -0.2) is 4.68 Å². The lowest BCUT2D eigenvalue weighted by Gasteiger charge is -2.10. The van der Waals surface area contributed by atoms with Crippen LogP contribution in [0.25, 0.3) is 5.69 Å². The average Bonchev–Trinajstić information content (AvgIpc) is 2.54. The first-order chi connectivity index (χ1) is 8.34. The van der Waals surface area contributed by atoms with Crippen LogP contribution < -0.4 is 5.56 Å². The summed E-state index contributed by atoms with van der Waals surface area (Å²) in [6.07, 6.45) is 0. The van der Waals surface area contributed by atoms with Gasteiger partial charge in [0.05, 0.1) is 5.69 Å². The van der Waals surface area contributed by atoms with Crippen molar-refractivity contribution in [3.63, 3.8) is 0 Å². The first-order valence-electron chi connectivity index (χ1n) is 5.18. The van der Waals surface area contributed by atoms with Crippen molar-refractivity contribution in [3.05, 3.63) is 51.9 Å². The molecule has 18 heavy (non-hydrogen) atoms. The van der Waals surface area contributed by atoms with Gasteiger partial charge >= 0.3 is 10.3 Å². The topological polar surface area (TPSA) is 81.3 Å². The van der Waals surface area contributed by atoms with Crippen molar-refractivity contribution in [1.82, 2.24) is 8.77 Å². The summed E-state index contributed by atoms with van der Waals surface area (Å²) in [4.78, 5) is 11.8. The van der Waals surface area contributed by atoms with Crippen molar-refractivity contribution in [2.45, 2.75) is 13.8 Å². The molecule has 0 saturated heterocycles. The minimum Gasteiger partial charge on any atom is -0.268 e. The number of benzene rings is 1. The lowest BCUT2D eigenvalue weighted by Crippen LogP contribution is -2.29. The van der Waals surface area contributed by atoms with Crippen molar-refractivity contribution in [2.24, 2.45) is 0 Å². The van der Waals surface area contributed by atoms with Crippen molar-refractivity contribution in [2.75, 3.05) is 0 Å². The predicted molar refractivity (Wildman–Crippen MR) is 66.4 cm³/mol. The Labute approximate surface area is 104 Å². The molecule has 0 amide bonds. The molecule has 0 spiro atoms. The molecule has 96 valence electrons. The van der Waals surface area contributed by atoms with Gasteiger partial charge in [-0.05, 0) is 26.0 Å². The largest absolute Gasteiger partial charge is 0.381 e. The Balaban J connectivity index is 2.92. The Bertz CT molecular complexity index is 741. The van der Waals surface area contributed by atoms with Crippen LogP contribution in [0.4, 0.5) is 0 Å². The van der Waals surface area contributed by atoms with Crippen LogP contribution in [0.1, 0.15) is 11.3 Å². The molecule has 0 aliphatic carbocycles. The number of aromatic nitrogens is 2. The van der Waals surface area contributed by atoms with E-state index in [9.17, 15) is 13.2 Å². The third kappa shape index (κ3) is 1.87. The first-order valence-corrected chi connectivity index (χ1v) is 6.58. The van der Waals surface area contributed by atoms with E-state index in [4.69, 9.17) is 4.55 Å². The smallest absolute Gasteiger partial charge is 0.268 e. The van der Waals surface area contributed by atoms with Gasteiger partial charge in [-0.3, -0.25) is 9.35 Å². The zero-order valence-electron chi connectivity index (χ0n) is 9.86. The van der Waals surface area contributed by atoms with E-state index in [1.807, 2.05) is 0 Å². The van der Waals surface area contributed by atoms with Crippen molar-refractivity contribution in [3.8, 4) is 5.69 Å². The van der Waals surface area contributed by atoms with Crippen molar-refractivity contribution >= 4 is 10.3 Å². The SMILES string of the molecule is Cc1c(C)n(-c2ccccc2)n(S(=O)(=O)O)c1=O. The second kappa shape index (κ2) is 4.11. The molecule has 0 fully saturated rings. The summed E-state index contributed by atoms with van der Waals surface area (Å²) in [5.41, 5.74) is 0.469. The van der Waals surface area contributed by atoms with Crippen LogP contribution in [0.5, 0.6) is 0 Å². The second-order valence-electron chi connectivity index (χ2n) is 3.88. The maximum atomic E-state index is 11.8. The van der Waals surface area contributed by atoms with Crippen LogP contribution in [0.15, 0.2) is 35.1 Å². The molecule has 0 bridgehead atoms. The number of rotatable bonds is 2. The van der Waals surface area contributed by atoms with Gasteiger partial charge in [-0.2, -0.15) is 8.42 Å². The normalized spacial score (nSPS) is 11.7. The maximum Gasteiger partial charge on any atom is 0.381 e. The summed E-state index contributed by atoms with van der Waals surface area (Å²) in [5, 5.41) is 0. The Kier molecular flexibility index (Phi) is 2.88. The van der Waals surface area contributed by atoms with Crippen LogP contribution in [0, 0.1) is 13.8 Å². The lowest BCUT2D eigenvalue weighted by atomic mass is 10.3. The van der Waals surface area contributed by atoms with Crippen LogP contribution in [-0.4, -0.2) is 21.7 Å². The molecule has 0 saturated carbocycles. The number of nitrogens with zero attached hydrogens (tertiary/aromatic N) is 2. The van der Waals surface area contributed by atoms with E-state index in [1.54, 1.807) is 37.3 Å². The highest BCUT2D eigenvalue weighted by atomic mass is 32.2. The van der Waals surface area contributed by atoms with Gasteiger partial charge in [0.15, 0.2) is 0 Å². The number of hydrogen-bond donors (Lipinski definition) is 1. The molecule has 0 atom stereocenters. The van der Waals surface area contributed by atoms with Gasteiger partial charge in [-0.15, -0.1) is 4.09 Å². The molecule has 0 radical (unpaired) electrons. The zero-order valence-corrected chi connectivity index (χ0v) is 10.7. The van der Waals surface area contributed by atoms with Gasteiger partial charge in [0, 0.05) is 11.3 Å². The quantitative estimate of drug-likeness (QED) is 0.821. The zero-order chi connectivity index (χ0) is 13.5. The molecule has 0 unspecified atom stereocenters. The summed E-state index contributed by atoms with van der Waals surface area (Å²) in [7, 11) is -4.65. The lowest BCUT2D eigenvalue weighted by molar-refractivity contribution is 0.456. The number of para-hydroxylation sites is 1. The van der Waals surface area contributed by atoms with Gasteiger partial charge in [0.2, 0.25) is 0 Å².